The number of nitrogens with one attached hydrogen (secondary N) is 2. The summed E-state index contributed by atoms with van der Waals surface area (Å²) in [7, 11) is 1.66. The van der Waals surface area contributed by atoms with E-state index in [4.69, 9.17) is 4.74 Å². The van der Waals surface area contributed by atoms with Crippen molar-refractivity contribution in [2.75, 3.05) is 26.5 Å². The van der Waals surface area contributed by atoms with Crippen LogP contribution >= 0.6 is 11.8 Å². The van der Waals surface area contributed by atoms with Crippen molar-refractivity contribution in [3.05, 3.63) is 42.2 Å². The van der Waals surface area contributed by atoms with Crippen molar-refractivity contribution in [3.8, 4) is 11.4 Å². The van der Waals surface area contributed by atoms with Crippen molar-refractivity contribution in [1.82, 2.24) is 20.4 Å². The molecule has 7 heteroatoms. The molecule has 0 bridgehead atoms. The first kappa shape index (κ1) is 20.2. The van der Waals surface area contributed by atoms with Crippen LogP contribution in [0.1, 0.15) is 26.5 Å². The van der Waals surface area contributed by atoms with Crippen molar-refractivity contribution in [1.29, 1.82) is 0 Å². The first-order valence-corrected chi connectivity index (χ1v) is 9.96. The van der Waals surface area contributed by atoms with Crippen molar-refractivity contribution in [2.45, 2.75) is 32.1 Å². The molecule has 0 spiro atoms. The first-order valence-electron chi connectivity index (χ1n) is 8.73. The number of aromatic nitrogens is 2. The second-order valence-electron chi connectivity index (χ2n) is 6.46. The summed E-state index contributed by atoms with van der Waals surface area (Å²) in [6.07, 6.45) is 4.07. The molecule has 0 amide bonds. The molecule has 0 aliphatic carbocycles. The van der Waals surface area contributed by atoms with Gasteiger partial charge in [-0.2, -0.15) is 16.9 Å². The van der Waals surface area contributed by atoms with E-state index in [-0.39, 0.29) is 4.75 Å². The van der Waals surface area contributed by atoms with Gasteiger partial charge >= 0.3 is 0 Å². The lowest BCUT2D eigenvalue weighted by molar-refractivity contribution is 0.414. The minimum Gasteiger partial charge on any atom is -0.497 e. The second-order valence-corrected chi connectivity index (χ2v) is 7.98. The van der Waals surface area contributed by atoms with E-state index in [0.29, 0.717) is 6.54 Å². The molecule has 0 fully saturated rings. The molecule has 6 nitrogen and oxygen atoms in total. The Bertz CT molecular complexity index is 709. The molecule has 2 N–H and O–H groups in total. The van der Waals surface area contributed by atoms with Crippen LogP contribution in [-0.2, 0) is 6.54 Å². The van der Waals surface area contributed by atoms with Gasteiger partial charge in [0.2, 0.25) is 0 Å². The maximum atomic E-state index is 5.19. The van der Waals surface area contributed by atoms with Crippen LogP contribution < -0.4 is 15.4 Å². The molecule has 0 unspecified atom stereocenters. The van der Waals surface area contributed by atoms with E-state index < -0.39 is 0 Å². The fourth-order valence-corrected chi connectivity index (χ4v) is 2.41. The number of hydrogen-bond donors (Lipinski definition) is 2. The number of aliphatic imine (C=N–C) groups is 1. The maximum Gasteiger partial charge on any atom is 0.191 e. The maximum absolute atomic E-state index is 5.19. The van der Waals surface area contributed by atoms with Gasteiger partial charge in [0, 0.05) is 24.0 Å². The number of methoxy groups -OCH3 is 1. The van der Waals surface area contributed by atoms with Crippen LogP contribution in [0.25, 0.3) is 5.69 Å². The summed E-state index contributed by atoms with van der Waals surface area (Å²) in [6, 6.07) is 9.80. The molecule has 0 saturated heterocycles. The molecular formula is C19H29N5OS. The smallest absolute Gasteiger partial charge is 0.191 e. The Balaban J connectivity index is 2.01. The van der Waals surface area contributed by atoms with E-state index in [9.17, 15) is 0 Å². The first-order chi connectivity index (χ1) is 12.5. The molecule has 142 valence electrons. The fraction of sp³-hybridized carbons (Fsp3) is 0.474. The highest BCUT2D eigenvalue weighted by molar-refractivity contribution is 7.99. The molecule has 1 aromatic heterocycles. The van der Waals surface area contributed by atoms with Crippen LogP contribution in [0.5, 0.6) is 5.75 Å². The Hall–Kier alpha value is -2.15. The Morgan fingerprint density at radius 2 is 1.96 bits per heavy atom. The molecule has 0 saturated carbocycles. The third-order valence-electron chi connectivity index (χ3n) is 3.96. The normalized spacial score (nSPS) is 12.1. The summed E-state index contributed by atoms with van der Waals surface area (Å²) in [5.74, 6) is 1.65. The molecule has 2 aromatic rings. The van der Waals surface area contributed by atoms with Crippen LogP contribution in [0.15, 0.2) is 41.5 Å². The number of thioether (sulfide) groups is 1. The van der Waals surface area contributed by atoms with E-state index in [1.54, 1.807) is 7.11 Å². The molecule has 0 radical (unpaired) electrons. The van der Waals surface area contributed by atoms with Crippen molar-refractivity contribution in [3.63, 3.8) is 0 Å². The molecule has 1 aromatic carbocycles. The van der Waals surface area contributed by atoms with Crippen LogP contribution in [-0.4, -0.2) is 46.9 Å². The fourth-order valence-electron chi connectivity index (χ4n) is 2.20. The molecule has 26 heavy (non-hydrogen) atoms. The molecule has 0 aliphatic heterocycles. The lowest BCUT2D eigenvalue weighted by Crippen LogP contribution is -2.43. The monoisotopic (exact) mass is 375 g/mol. The van der Waals surface area contributed by atoms with Crippen molar-refractivity contribution < 1.29 is 4.74 Å². The highest BCUT2D eigenvalue weighted by atomic mass is 32.2. The molecular weight excluding hydrogens is 346 g/mol. The van der Waals surface area contributed by atoms with E-state index in [0.717, 1.165) is 36.2 Å². The highest BCUT2D eigenvalue weighted by Gasteiger charge is 2.16. The van der Waals surface area contributed by atoms with E-state index in [1.165, 1.54) is 0 Å². The largest absolute Gasteiger partial charge is 0.497 e. The Labute approximate surface area is 160 Å². The van der Waals surface area contributed by atoms with Crippen LogP contribution in [0.3, 0.4) is 0 Å². The van der Waals surface area contributed by atoms with Crippen molar-refractivity contribution >= 4 is 17.7 Å². The average molecular weight is 376 g/mol. The zero-order valence-electron chi connectivity index (χ0n) is 16.2. The Morgan fingerprint density at radius 3 is 2.58 bits per heavy atom. The van der Waals surface area contributed by atoms with Crippen LogP contribution in [0.2, 0.25) is 0 Å². The third kappa shape index (κ3) is 5.98. The number of guanidine groups is 1. The minimum absolute atomic E-state index is 0.159. The summed E-state index contributed by atoms with van der Waals surface area (Å²) in [5, 5.41) is 11.3. The number of nitrogens with zero attached hydrogens (tertiary/aromatic N) is 3. The predicted molar refractivity (Wildman–Crippen MR) is 111 cm³/mol. The Morgan fingerprint density at radius 1 is 1.23 bits per heavy atom. The van der Waals surface area contributed by atoms with Crippen LogP contribution in [0, 0.1) is 0 Å². The second kappa shape index (κ2) is 9.52. The van der Waals surface area contributed by atoms with Gasteiger partial charge in [0.05, 0.1) is 25.0 Å². The van der Waals surface area contributed by atoms with Crippen molar-refractivity contribution in [2.24, 2.45) is 4.99 Å². The van der Waals surface area contributed by atoms with Gasteiger partial charge in [-0.3, -0.25) is 0 Å². The van der Waals surface area contributed by atoms with Gasteiger partial charge in [0.1, 0.15) is 5.75 Å². The molecule has 0 aliphatic rings. The van der Waals surface area contributed by atoms with Gasteiger partial charge in [-0.1, -0.05) is 0 Å². The van der Waals surface area contributed by atoms with Gasteiger partial charge in [-0.25, -0.2) is 9.67 Å². The lowest BCUT2D eigenvalue weighted by atomic mass is 10.2. The summed E-state index contributed by atoms with van der Waals surface area (Å²) >= 11 is 1.84. The number of hydrogen-bond acceptors (Lipinski definition) is 4. The third-order valence-corrected chi connectivity index (χ3v) is 5.21. The number of ether oxygens (including phenoxy) is 1. The van der Waals surface area contributed by atoms with Gasteiger partial charge in [0.15, 0.2) is 5.96 Å². The van der Waals surface area contributed by atoms with Gasteiger partial charge in [-0.05, 0) is 57.4 Å². The molecule has 1 heterocycles. The van der Waals surface area contributed by atoms with Gasteiger partial charge < -0.3 is 15.4 Å². The Kier molecular flexibility index (Phi) is 7.38. The topological polar surface area (TPSA) is 63.5 Å². The van der Waals surface area contributed by atoms with Crippen LogP contribution in [0.4, 0.5) is 0 Å². The highest BCUT2D eigenvalue weighted by Crippen LogP contribution is 2.19. The minimum atomic E-state index is 0.159. The summed E-state index contributed by atoms with van der Waals surface area (Å²) in [5.41, 5.74) is 1.91. The average Bonchev–Trinajstić information content (AvgIpc) is 3.13. The standard InChI is InChI=1S/C19H29N5OS/c1-6-20-18(22-14-19(2,3)26-5)21-13-15-11-12-24(23-15)16-7-9-17(25-4)10-8-16/h7-12H,6,13-14H2,1-5H3,(H2,20,21,22). The van der Waals surface area contributed by atoms with E-state index in [1.807, 2.05) is 53.0 Å². The zero-order valence-corrected chi connectivity index (χ0v) is 17.1. The van der Waals surface area contributed by atoms with Gasteiger partial charge in [-0.15, -0.1) is 0 Å². The summed E-state index contributed by atoms with van der Waals surface area (Å²) in [4.78, 5) is 4.64. The number of rotatable bonds is 8. The summed E-state index contributed by atoms with van der Waals surface area (Å²) < 4.78 is 7.20. The SMILES string of the molecule is CCNC(=NCc1ccn(-c2ccc(OC)cc2)n1)NCC(C)(C)SC. The van der Waals surface area contributed by atoms with E-state index >= 15 is 0 Å². The lowest BCUT2D eigenvalue weighted by Gasteiger charge is -2.23. The number of benzene rings is 1. The zero-order chi connectivity index (χ0) is 19.0. The predicted octanol–water partition coefficient (Wildman–Crippen LogP) is 3.08. The van der Waals surface area contributed by atoms with Gasteiger partial charge in [0.25, 0.3) is 0 Å². The molecule has 2 rings (SSSR count). The van der Waals surface area contributed by atoms with E-state index in [2.05, 4.69) is 47.8 Å². The summed E-state index contributed by atoms with van der Waals surface area (Å²) in [6.45, 7) is 8.69. The quantitative estimate of drug-likeness (QED) is 0.548. The molecule has 0 atom stereocenters.